The fourth-order valence-electron chi connectivity index (χ4n) is 1.32. The highest BCUT2D eigenvalue weighted by Gasteiger charge is 2.23. The predicted octanol–water partition coefficient (Wildman–Crippen LogP) is 2.89. The first-order chi connectivity index (χ1) is 6.61. The zero-order chi connectivity index (χ0) is 10.6. The van der Waals surface area contributed by atoms with Crippen molar-refractivity contribution >= 4 is 0 Å². The average molecular weight is 189 g/mol. The van der Waals surface area contributed by atoms with Crippen LogP contribution >= 0.6 is 0 Å². The average Bonchev–Trinajstić information content (AvgIpc) is 2.19. The summed E-state index contributed by atoms with van der Waals surface area (Å²) < 4.78 is 5.47. The molecule has 0 aromatic heterocycles. The van der Waals surface area contributed by atoms with E-state index in [1.807, 2.05) is 45.0 Å². The molecule has 14 heavy (non-hydrogen) atoms. The molecule has 0 heterocycles. The summed E-state index contributed by atoms with van der Waals surface area (Å²) in [7, 11) is 0. The van der Waals surface area contributed by atoms with Crippen molar-refractivity contribution in [1.82, 2.24) is 0 Å². The summed E-state index contributed by atoms with van der Waals surface area (Å²) in [5, 5.41) is 9.03. The normalized spacial score (nSPS) is 10.7. The summed E-state index contributed by atoms with van der Waals surface area (Å²) in [6.07, 6.45) is 0. The molecular weight excluding hydrogens is 174 g/mol. The highest BCUT2D eigenvalue weighted by molar-refractivity contribution is 5.42. The van der Waals surface area contributed by atoms with Crippen molar-refractivity contribution in [3.8, 4) is 11.8 Å². The van der Waals surface area contributed by atoms with Gasteiger partial charge in [0, 0.05) is 5.56 Å². The van der Waals surface area contributed by atoms with Crippen LogP contribution in [0.15, 0.2) is 24.3 Å². The maximum absolute atomic E-state index is 9.03. The maximum Gasteiger partial charge on any atom is 0.124 e. The summed E-state index contributed by atoms with van der Waals surface area (Å²) in [6, 6.07) is 9.96. The molecule has 1 aromatic carbocycles. The zero-order valence-electron chi connectivity index (χ0n) is 8.87. The quantitative estimate of drug-likeness (QED) is 0.732. The SMILES string of the molecule is CCOc1ccccc1C(C)(C)C#N. The molecule has 2 heteroatoms. The number of nitriles is 1. The fourth-order valence-corrected chi connectivity index (χ4v) is 1.32. The number of ether oxygens (including phenoxy) is 1. The van der Waals surface area contributed by atoms with E-state index >= 15 is 0 Å². The van der Waals surface area contributed by atoms with E-state index in [9.17, 15) is 0 Å². The molecule has 0 aliphatic heterocycles. The Balaban J connectivity index is 3.14. The van der Waals surface area contributed by atoms with E-state index in [1.54, 1.807) is 0 Å². The van der Waals surface area contributed by atoms with Crippen LogP contribution in [0.25, 0.3) is 0 Å². The Labute approximate surface area is 85.1 Å². The van der Waals surface area contributed by atoms with Crippen molar-refractivity contribution in [3.63, 3.8) is 0 Å². The molecule has 0 fully saturated rings. The molecule has 0 spiro atoms. The Morgan fingerprint density at radius 3 is 2.57 bits per heavy atom. The van der Waals surface area contributed by atoms with Crippen LogP contribution in [0, 0.1) is 11.3 Å². The van der Waals surface area contributed by atoms with Gasteiger partial charge in [-0.1, -0.05) is 18.2 Å². The van der Waals surface area contributed by atoms with E-state index in [2.05, 4.69) is 6.07 Å². The molecule has 0 N–H and O–H groups in total. The fraction of sp³-hybridized carbons (Fsp3) is 0.417. The number of hydrogen-bond acceptors (Lipinski definition) is 2. The van der Waals surface area contributed by atoms with Crippen LogP contribution in [-0.2, 0) is 5.41 Å². The van der Waals surface area contributed by atoms with Gasteiger partial charge in [0.2, 0.25) is 0 Å². The van der Waals surface area contributed by atoms with Gasteiger partial charge in [-0.05, 0) is 26.8 Å². The largest absolute Gasteiger partial charge is 0.494 e. The van der Waals surface area contributed by atoms with Crippen molar-refractivity contribution in [2.45, 2.75) is 26.2 Å². The molecular formula is C12H15NO. The standard InChI is InChI=1S/C12H15NO/c1-4-14-11-8-6-5-7-10(11)12(2,3)9-13/h5-8H,4H2,1-3H3. The van der Waals surface area contributed by atoms with Crippen LogP contribution < -0.4 is 4.74 Å². The summed E-state index contributed by atoms with van der Waals surface area (Å²) >= 11 is 0. The van der Waals surface area contributed by atoms with Gasteiger partial charge in [-0.25, -0.2) is 0 Å². The van der Waals surface area contributed by atoms with E-state index in [-0.39, 0.29) is 0 Å². The van der Waals surface area contributed by atoms with Gasteiger partial charge in [-0.3, -0.25) is 0 Å². The lowest BCUT2D eigenvalue weighted by atomic mass is 9.86. The molecule has 0 aliphatic rings. The van der Waals surface area contributed by atoms with E-state index in [1.165, 1.54) is 0 Å². The van der Waals surface area contributed by atoms with E-state index in [0.717, 1.165) is 11.3 Å². The van der Waals surface area contributed by atoms with Crippen LogP contribution in [0.4, 0.5) is 0 Å². The first-order valence-electron chi connectivity index (χ1n) is 4.75. The van der Waals surface area contributed by atoms with Gasteiger partial charge < -0.3 is 4.74 Å². The second-order valence-electron chi connectivity index (χ2n) is 3.67. The van der Waals surface area contributed by atoms with Crippen LogP contribution in [0.3, 0.4) is 0 Å². The number of hydrogen-bond donors (Lipinski definition) is 0. The Bertz CT molecular complexity index is 350. The third kappa shape index (κ3) is 2.05. The zero-order valence-corrected chi connectivity index (χ0v) is 8.87. The van der Waals surface area contributed by atoms with E-state index < -0.39 is 5.41 Å². The summed E-state index contributed by atoms with van der Waals surface area (Å²) in [5.74, 6) is 0.807. The second-order valence-corrected chi connectivity index (χ2v) is 3.67. The third-order valence-corrected chi connectivity index (χ3v) is 2.14. The Kier molecular flexibility index (Phi) is 3.14. The molecule has 2 nitrogen and oxygen atoms in total. The van der Waals surface area contributed by atoms with Crippen molar-refractivity contribution in [2.24, 2.45) is 0 Å². The van der Waals surface area contributed by atoms with Crippen LogP contribution in [0.1, 0.15) is 26.3 Å². The van der Waals surface area contributed by atoms with Gasteiger partial charge in [0.15, 0.2) is 0 Å². The molecule has 0 aliphatic carbocycles. The molecule has 74 valence electrons. The highest BCUT2D eigenvalue weighted by Crippen LogP contribution is 2.30. The lowest BCUT2D eigenvalue weighted by Crippen LogP contribution is -2.15. The first-order valence-corrected chi connectivity index (χ1v) is 4.75. The molecule has 0 saturated heterocycles. The molecule has 1 rings (SSSR count). The lowest BCUT2D eigenvalue weighted by Gasteiger charge is -2.19. The smallest absolute Gasteiger partial charge is 0.124 e. The minimum atomic E-state index is -0.494. The van der Waals surface area contributed by atoms with Crippen LogP contribution in [0.2, 0.25) is 0 Å². The maximum atomic E-state index is 9.03. The summed E-state index contributed by atoms with van der Waals surface area (Å²) in [5.41, 5.74) is 0.454. The van der Waals surface area contributed by atoms with E-state index in [4.69, 9.17) is 10.00 Å². The molecule has 0 bridgehead atoms. The van der Waals surface area contributed by atoms with Gasteiger partial charge >= 0.3 is 0 Å². The number of rotatable bonds is 3. The molecule has 1 aromatic rings. The van der Waals surface area contributed by atoms with E-state index in [0.29, 0.717) is 6.61 Å². The van der Waals surface area contributed by atoms with Gasteiger partial charge in [0.1, 0.15) is 5.75 Å². The number of benzene rings is 1. The lowest BCUT2D eigenvalue weighted by molar-refractivity contribution is 0.332. The Hall–Kier alpha value is -1.49. The molecule has 0 unspecified atom stereocenters. The number of para-hydroxylation sites is 1. The monoisotopic (exact) mass is 189 g/mol. The van der Waals surface area contributed by atoms with Crippen LogP contribution in [-0.4, -0.2) is 6.61 Å². The minimum Gasteiger partial charge on any atom is -0.494 e. The Morgan fingerprint density at radius 2 is 2.00 bits per heavy atom. The van der Waals surface area contributed by atoms with Crippen LogP contribution in [0.5, 0.6) is 5.75 Å². The Morgan fingerprint density at radius 1 is 1.36 bits per heavy atom. The molecule has 0 saturated carbocycles. The molecule has 0 atom stereocenters. The van der Waals surface area contributed by atoms with Crippen molar-refractivity contribution in [3.05, 3.63) is 29.8 Å². The summed E-state index contributed by atoms with van der Waals surface area (Å²) in [4.78, 5) is 0. The molecule has 0 amide bonds. The minimum absolute atomic E-state index is 0.494. The topological polar surface area (TPSA) is 33.0 Å². The van der Waals surface area contributed by atoms with Gasteiger partial charge in [-0.15, -0.1) is 0 Å². The van der Waals surface area contributed by atoms with Gasteiger partial charge in [0.05, 0.1) is 18.1 Å². The second kappa shape index (κ2) is 4.15. The summed E-state index contributed by atoms with van der Waals surface area (Å²) in [6.45, 7) is 6.35. The van der Waals surface area contributed by atoms with Gasteiger partial charge in [-0.2, -0.15) is 5.26 Å². The third-order valence-electron chi connectivity index (χ3n) is 2.14. The van der Waals surface area contributed by atoms with Gasteiger partial charge in [0.25, 0.3) is 0 Å². The number of nitrogens with zero attached hydrogens (tertiary/aromatic N) is 1. The van der Waals surface area contributed by atoms with Crippen molar-refractivity contribution < 1.29 is 4.74 Å². The molecule has 0 radical (unpaired) electrons. The first kappa shape index (κ1) is 10.6. The van der Waals surface area contributed by atoms with Crippen molar-refractivity contribution in [2.75, 3.05) is 6.61 Å². The van der Waals surface area contributed by atoms with Crippen molar-refractivity contribution in [1.29, 1.82) is 5.26 Å². The predicted molar refractivity (Wildman–Crippen MR) is 56.3 cm³/mol. The highest BCUT2D eigenvalue weighted by atomic mass is 16.5.